The third-order valence-corrected chi connectivity index (χ3v) is 1.78. The second-order valence-electron chi connectivity index (χ2n) is 2.68. The lowest BCUT2D eigenvalue weighted by molar-refractivity contribution is 0.0600. The molecule has 0 aliphatic carbocycles. The van der Waals surface area contributed by atoms with Gasteiger partial charge in [0.2, 0.25) is 5.95 Å². The summed E-state index contributed by atoms with van der Waals surface area (Å²) in [4.78, 5) is 15.1. The summed E-state index contributed by atoms with van der Waals surface area (Å²) in [5.74, 6) is -0.235. The van der Waals surface area contributed by atoms with E-state index < -0.39 is 5.97 Å². The van der Waals surface area contributed by atoms with Gasteiger partial charge in [-0.2, -0.15) is 4.98 Å². The predicted molar refractivity (Wildman–Crippen MR) is 48.7 cm³/mol. The van der Waals surface area contributed by atoms with Crippen molar-refractivity contribution in [3.8, 4) is 0 Å². The number of aromatic nitrogens is 3. The van der Waals surface area contributed by atoms with E-state index in [1.165, 1.54) is 11.6 Å². The number of ether oxygens (including phenoxy) is 1. The molecule has 0 aliphatic rings. The highest BCUT2D eigenvalue weighted by atomic mass is 16.5. The topological polar surface area (TPSA) is 82.5 Å². The third kappa shape index (κ3) is 1.26. The van der Waals surface area contributed by atoms with Crippen LogP contribution in [0.15, 0.2) is 18.3 Å². The molecule has 0 amide bonds. The van der Waals surface area contributed by atoms with Gasteiger partial charge in [0.1, 0.15) is 0 Å². The van der Waals surface area contributed by atoms with Crippen LogP contribution in [-0.4, -0.2) is 27.7 Å². The van der Waals surface area contributed by atoms with Crippen LogP contribution in [0.2, 0.25) is 0 Å². The van der Waals surface area contributed by atoms with Gasteiger partial charge in [0, 0.05) is 6.20 Å². The molecule has 0 unspecified atom stereocenters. The number of carbonyl (C=O) groups excluding carboxylic acids is 1. The molecule has 0 saturated carbocycles. The van der Waals surface area contributed by atoms with E-state index in [0.717, 1.165) is 0 Å². The zero-order chi connectivity index (χ0) is 10.1. The summed E-state index contributed by atoms with van der Waals surface area (Å²) in [7, 11) is 1.32. The van der Waals surface area contributed by atoms with Gasteiger partial charge in [-0.1, -0.05) is 0 Å². The van der Waals surface area contributed by atoms with Gasteiger partial charge in [0.25, 0.3) is 0 Å². The van der Waals surface area contributed by atoms with Crippen molar-refractivity contribution in [2.24, 2.45) is 0 Å². The average molecular weight is 192 g/mol. The molecule has 0 spiro atoms. The van der Waals surface area contributed by atoms with Gasteiger partial charge in [-0.3, -0.25) is 0 Å². The Hall–Kier alpha value is -2.11. The zero-order valence-electron chi connectivity index (χ0n) is 7.47. The van der Waals surface area contributed by atoms with Gasteiger partial charge >= 0.3 is 5.97 Å². The number of pyridine rings is 1. The smallest absolute Gasteiger partial charge is 0.338 e. The predicted octanol–water partition coefficient (Wildman–Crippen LogP) is 0.0981. The summed E-state index contributed by atoms with van der Waals surface area (Å²) in [5.41, 5.74) is 6.33. The number of hydrogen-bond donors (Lipinski definition) is 1. The van der Waals surface area contributed by atoms with Crippen LogP contribution in [0.25, 0.3) is 5.65 Å². The van der Waals surface area contributed by atoms with E-state index in [2.05, 4.69) is 14.8 Å². The van der Waals surface area contributed by atoms with Gasteiger partial charge in [-0.05, 0) is 12.1 Å². The molecule has 0 aromatic carbocycles. The number of nitrogens with zero attached hydrogens (tertiary/aromatic N) is 3. The van der Waals surface area contributed by atoms with Crippen LogP contribution >= 0.6 is 0 Å². The number of nitrogen functional groups attached to an aromatic ring is 1. The number of rotatable bonds is 1. The van der Waals surface area contributed by atoms with Gasteiger partial charge in [0.05, 0.1) is 12.7 Å². The first kappa shape index (κ1) is 8.49. The van der Waals surface area contributed by atoms with Crippen LogP contribution in [0.4, 0.5) is 5.95 Å². The lowest BCUT2D eigenvalue weighted by Crippen LogP contribution is -2.02. The number of esters is 1. The summed E-state index contributed by atoms with van der Waals surface area (Å²) in [6.45, 7) is 0. The number of hydrogen-bond acceptors (Lipinski definition) is 5. The number of nitrogens with two attached hydrogens (primary N) is 1. The van der Waals surface area contributed by atoms with Crippen LogP contribution in [0.5, 0.6) is 0 Å². The Kier molecular flexibility index (Phi) is 1.81. The first-order valence-corrected chi connectivity index (χ1v) is 3.91. The second-order valence-corrected chi connectivity index (χ2v) is 2.68. The highest BCUT2D eigenvalue weighted by molar-refractivity contribution is 5.90. The molecule has 0 atom stereocenters. The average Bonchev–Trinajstić information content (AvgIpc) is 2.55. The lowest BCUT2D eigenvalue weighted by Gasteiger charge is -1.97. The minimum atomic E-state index is -0.408. The van der Waals surface area contributed by atoms with Crippen LogP contribution in [0, 0.1) is 0 Å². The third-order valence-electron chi connectivity index (χ3n) is 1.78. The molecule has 14 heavy (non-hydrogen) atoms. The molecule has 2 rings (SSSR count). The fourth-order valence-electron chi connectivity index (χ4n) is 1.14. The van der Waals surface area contributed by atoms with E-state index in [0.29, 0.717) is 11.2 Å². The van der Waals surface area contributed by atoms with Crippen molar-refractivity contribution in [2.75, 3.05) is 12.8 Å². The van der Waals surface area contributed by atoms with Gasteiger partial charge in [-0.15, -0.1) is 5.10 Å². The summed E-state index contributed by atoms with van der Waals surface area (Å²) in [5, 5.41) is 3.87. The van der Waals surface area contributed by atoms with Gasteiger partial charge in [-0.25, -0.2) is 9.31 Å². The fraction of sp³-hybridized carbons (Fsp3) is 0.125. The molecule has 0 fully saturated rings. The highest BCUT2D eigenvalue weighted by Crippen LogP contribution is 2.07. The number of fused-ring (bicyclic) bond motifs is 1. The summed E-state index contributed by atoms with van der Waals surface area (Å²) in [6, 6.07) is 3.15. The molecule has 2 aromatic rings. The van der Waals surface area contributed by atoms with Gasteiger partial charge in [0.15, 0.2) is 5.65 Å². The zero-order valence-corrected chi connectivity index (χ0v) is 7.47. The Bertz CT molecular complexity index is 491. The first-order valence-electron chi connectivity index (χ1n) is 3.91. The Morgan fingerprint density at radius 2 is 2.43 bits per heavy atom. The standard InChI is InChI=1S/C8H8N4O2/c1-14-7(13)5-2-3-12-6(4-5)10-8(9)11-12/h2-4H,1H3,(H2,9,11). The maximum Gasteiger partial charge on any atom is 0.338 e. The van der Waals surface area contributed by atoms with Crippen molar-refractivity contribution < 1.29 is 9.53 Å². The first-order chi connectivity index (χ1) is 6.70. The van der Waals surface area contributed by atoms with Crippen molar-refractivity contribution >= 4 is 17.6 Å². The molecule has 72 valence electrons. The molecule has 6 heteroatoms. The number of anilines is 1. The van der Waals surface area contributed by atoms with Crippen molar-refractivity contribution in [1.82, 2.24) is 14.6 Å². The normalized spacial score (nSPS) is 10.4. The molecule has 0 radical (unpaired) electrons. The van der Waals surface area contributed by atoms with Crippen molar-refractivity contribution in [2.45, 2.75) is 0 Å². The van der Waals surface area contributed by atoms with Crippen molar-refractivity contribution in [3.05, 3.63) is 23.9 Å². The summed E-state index contributed by atoms with van der Waals surface area (Å²) >= 11 is 0. The molecule has 2 aromatic heterocycles. The molecular weight excluding hydrogens is 184 g/mol. The summed E-state index contributed by atoms with van der Waals surface area (Å²) < 4.78 is 6.05. The maximum atomic E-state index is 11.2. The lowest BCUT2D eigenvalue weighted by atomic mass is 10.3. The SMILES string of the molecule is COC(=O)c1ccn2nc(N)nc2c1. The Balaban J connectivity index is 2.55. The van der Waals surface area contributed by atoms with Crippen LogP contribution < -0.4 is 5.73 Å². The minimum Gasteiger partial charge on any atom is -0.465 e. The Morgan fingerprint density at radius 1 is 1.64 bits per heavy atom. The molecule has 2 heterocycles. The highest BCUT2D eigenvalue weighted by Gasteiger charge is 2.07. The van der Waals surface area contributed by atoms with Crippen LogP contribution in [0.3, 0.4) is 0 Å². The van der Waals surface area contributed by atoms with E-state index in [4.69, 9.17) is 5.73 Å². The maximum absolute atomic E-state index is 11.2. The second kappa shape index (κ2) is 2.99. The monoisotopic (exact) mass is 192 g/mol. The quantitative estimate of drug-likeness (QED) is 0.648. The van der Waals surface area contributed by atoms with Crippen LogP contribution in [-0.2, 0) is 4.74 Å². The van der Waals surface area contributed by atoms with Crippen molar-refractivity contribution in [3.63, 3.8) is 0 Å². The van der Waals surface area contributed by atoms with Crippen LogP contribution in [0.1, 0.15) is 10.4 Å². The number of methoxy groups -OCH3 is 1. The summed E-state index contributed by atoms with van der Waals surface area (Å²) in [6.07, 6.45) is 1.60. The largest absolute Gasteiger partial charge is 0.465 e. The molecule has 0 bridgehead atoms. The molecule has 6 nitrogen and oxygen atoms in total. The fourth-order valence-corrected chi connectivity index (χ4v) is 1.14. The molecule has 0 aliphatic heterocycles. The van der Waals surface area contributed by atoms with E-state index in [-0.39, 0.29) is 5.95 Å². The van der Waals surface area contributed by atoms with E-state index in [1.54, 1.807) is 18.3 Å². The Morgan fingerprint density at radius 3 is 3.14 bits per heavy atom. The molecule has 2 N–H and O–H groups in total. The molecular formula is C8H8N4O2. The molecule has 0 saturated heterocycles. The van der Waals surface area contributed by atoms with E-state index in [9.17, 15) is 4.79 Å². The Labute approximate surface area is 79.3 Å². The van der Waals surface area contributed by atoms with Crippen molar-refractivity contribution in [1.29, 1.82) is 0 Å². The number of carbonyl (C=O) groups is 1. The van der Waals surface area contributed by atoms with E-state index >= 15 is 0 Å². The van der Waals surface area contributed by atoms with E-state index in [1.807, 2.05) is 0 Å². The van der Waals surface area contributed by atoms with Gasteiger partial charge < -0.3 is 10.5 Å². The minimum absolute atomic E-state index is 0.173.